The molecule has 0 aliphatic heterocycles. The van der Waals surface area contributed by atoms with Gasteiger partial charge in [-0.25, -0.2) is 4.39 Å². The number of carbonyl (C=O) groups excluding carboxylic acids is 1. The second-order valence-corrected chi connectivity index (χ2v) is 4.59. The molecule has 2 aromatic rings. The van der Waals surface area contributed by atoms with E-state index in [1.54, 1.807) is 0 Å². The second kappa shape index (κ2) is 5.80. The van der Waals surface area contributed by atoms with E-state index in [2.05, 4.69) is 0 Å². The van der Waals surface area contributed by atoms with Gasteiger partial charge in [0.15, 0.2) is 0 Å². The molecule has 2 N–H and O–H groups in total. The van der Waals surface area contributed by atoms with Gasteiger partial charge in [0, 0.05) is 6.20 Å². The highest BCUT2D eigenvalue weighted by molar-refractivity contribution is 6.34. The first-order chi connectivity index (χ1) is 10.2. The third-order valence-corrected chi connectivity index (χ3v) is 2.98. The molecule has 0 spiro atoms. The van der Waals surface area contributed by atoms with Gasteiger partial charge in [0.05, 0.1) is 16.1 Å². The zero-order valence-corrected chi connectivity index (χ0v) is 11.3. The Balaban J connectivity index is 2.39. The van der Waals surface area contributed by atoms with E-state index in [4.69, 9.17) is 11.6 Å². The summed E-state index contributed by atoms with van der Waals surface area (Å²) in [6.45, 7) is 0. The van der Waals surface area contributed by atoms with E-state index >= 15 is 0 Å². The number of benzene rings is 1. The van der Waals surface area contributed by atoms with Crippen LogP contribution in [0.3, 0.4) is 0 Å². The van der Waals surface area contributed by atoms with Gasteiger partial charge in [-0.2, -0.15) is 13.2 Å². The number of H-pyrrole nitrogens is 1. The summed E-state index contributed by atoms with van der Waals surface area (Å²) in [5, 5.41) is 1.68. The number of hydrogen-bond acceptors (Lipinski definition) is 2. The highest BCUT2D eigenvalue weighted by atomic mass is 35.5. The predicted molar refractivity (Wildman–Crippen MR) is 71.4 cm³/mol. The van der Waals surface area contributed by atoms with Gasteiger partial charge in [-0.05, 0) is 18.2 Å². The molecule has 0 saturated heterocycles. The van der Waals surface area contributed by atoms with Crippen molar-refractivity contribution in [2.75, 3.05) is 5.32 Å². The fourth-order valence-electron chi connectivity index (χ4n) is 1.64. The fraction of sp³-hybridized carbons (Fsp3) is 0.0769. The van der Waals surface area contributed by atoms with E-state index in [0.717, 1.165) is 6.07 Å². The van der Waals surface area contributed by atoms with Crippen LogP contribution in [0.1, 0.15) is 15.9 Å². The van der Waals surface area contributed by atoms with Crippen LogP contribution in [0.15, 0.2) is 35.3 Å². The molecule has 1 aromatic carbocycles. The average molecular weight is 335 g/mol. The Hall–Kier alpha value is -2.35. The molecule has 0 atom stereocenters. The standard InChI is InChI=1S/C13H7ClF4N2O2/c14-7-2-1-3-8(15)10(7)12(22)20-9-4-6(13(16,17)18)5-19-11(9)21/h1-5H,(H,19,21)(H,20,22). The van der Waals surface area contributed by atoms with Gasteiger partial charge >= 0.3 is 6.18 Å². The van der Waals surface area contributed by atoms with Gasteiger partial charge in [-0.1, -0.05) is 17.7 Å². The Morgan fingerprint density at radius 3 is 2.55 bits per heavy atom. The number of halogens is 5. The lowest BCUT2D eigenvalue weighted by Crippen LogP contribution is -2.22. The van der Waals surface area contributed by atoms with Crippen molar-refractivity contribution in [1.82, 2.24) is 4.98 Å². The van der Waals surface area contributed by atoms with Gasteiger partial charge in [0.1, 0.15) is 11.5 Å². The first-order valence-electron chi connectivity index (χ1n) is 5.75. The molecular formula is C13H7ClF4N2O2. The number of aromatic amines is 1. The lowest BCUT2D eigenvalue weighted by molar-refractivity contribution is -0.137. The molecule has 1 aromatic heterocycles. The number of alkyl halides is 3. The van der Waals surface area contributed by atoms with E-state index in [1.165, 1.54) is 12.1 Å². The average Bonchev–Trinajstić information content (AvgIpc) is 2.39. The van der Waals surface area contributed by atoms with Crippen molar-refractivity contribution in [3.63, 3.8) is 0 Å². The Labute approximate surface area is 125 Å². The van der Waals surface area contributed by atoms with Crippen LogP contribution in [0.5, 0.6) is 0 Å². The van der Waals surface area contributed by atoms with Crippen molar-refractivity contribution in [2.45, 2.75) is 6.18 Å². The number of hydrogen-bond donors (Lipinski definition) is 2. The van der Waals surface area contributed by atoms with Crippen molar-refractivity contribution < 1.29 is 22.4 Å². The lowest BCUT2D eigenvalue weighted by atomic mass is 10.2. The number of aromatic nitrogens is 1. The summed E-state index contributed by atoms with van der Waals surface area (Å²) < 4.78 is 51.3. The van der Waals surface area contributed by atoms with Crippen LogP contribution in [0.4, 0.5) is 23.2 Å². The normalized spacial score (nSPS) is 11.3. The lowest BCUT2D eigenvalue weighted by Gasteiger charge is -2.10. The molecule has 4 nitrogen and oxygen atoms in total. The smallest absolute Gasteiger partial charge is 0.327 e. The quantitative estimate of drug-likeness (QED) is 0.826. The highest BCUT2D eigenvalue weighted by Crippen LogP contribution is 2.29. The minimum atomic E-state index is -4.71. The predicted octanol–water partition coefficient (Wildman–Crippen LogP) is 3.44. The third-order valence-electron chi connectivity index (χ3n) is 2.67. The van der Waals surface area contributed by atoms with Crippen LogP contribution < -0.4 is 10.9 Å². The summed E-state index contributed by atoms with van der Waals surface area (Å²) in [4.78, 5) is 25.2. The number of amides is 1. The fourth-order valence-corrected chi connectivity index (χ4v) is 1.89. The van der Waals surface area contributed by atoms with Crippen LogP contribution in [0.2, 0.25) is 5.02 Å². The molecular weight excluding hydrogens is 328 g/mol. The monoisotopic (exact) mass is 334 g/mol. The number of rotatable bonds is 2. The van der Waals surface area contributed by atoms with Gasteiger partial charge in [0.2, 0.25) is 0 Å². The number of carbonyl (C=O) groups is 1. The zero-order valence-electron chi connectivity index (χ0n) is 10.6. The van der Waals surface area contributed by atoms with Gasteiger partial charge < -0.3 is 10.3 Å². The number of pyridine rings is 1. The van der Waals surface area contributed by atoms with Gasteiger partial charge in [-0.15, -0.1) is 0 Å². The van der Waals surface area contributed by atoms with E-state index < -0.39 is 40.3 Å². The molecule has 116 valence electrons. The van der Waals surface area contributed by atoms with Crippen molar-refractivity contribution in [1.29, 1.82) is 0 Å². The number of nitrogens with one attached hydrogen (secondary N) is 2. The Kier molecular flexibility index (Phi) is 4.23. The van der Waals surface area contributed by atoms with Crippen molar-refractivity contribution in [3.8, 4) is 0 Å². The summed E-state index contributed by atoms with van der Waals surface area (Å²) in [5.74, 6) is -2.10. The first kappa shape index (κ1) is 16.0. The maximum absolute atomic E-state index is 13.6. The molecule has 0 fully saturated rings. The topological polar surface area (TPSA) is 62.0 Å². The van der Waals surface area contributed by atoms with Crippen LogP contribution in [0.25, 0.3) is 0 Å². The molecule has 2 rings (SSSR count). The summed E-state index contributed by atoms with van der Waals surface area (Å²) in [6, 6.07) is 3.89. The largest absolute Gasteiger partial charge is 0.417 e. The molecule has 0 aliphatic carbocycles. The molecule has 1 amide bonds. The zero-order chi connectivity index (χ0) is 16.5. The maximum Gasteiger partial charge on any atom is 0.417 e. The molecule has 0 bridgehead atoms. The Morgan fingerprint density at radius 1 is 1.27 bits per heavy atom. The van der Waals surface area contributed by atoms with Crippen molar-refractivity contribution >= 4 is 23.2 Å². The molecule has 0 unspecified atom stereocenters. The minimum absolute atomic E-state index is 0.235. The van der Waals surface area contributed by atoms with Crippen LogP contribution in [-0.2, 0) is 6.18 Å². The molecule has 22 heavy (non-hydrogen) atoms. The van der Waals surface area contributed by atoms with Crippen molar-refractivity contribution in [2.24, 2.45) is 0 Å². The van der Waals surface area contributed by atoms with Gasteiger partial charge in [-0.3, -0.25) is 9.59 Å². The summed E-state index contributed by atoms with van der Waals surface area (Å²) >= 11 is 5.67. The van der Waals surface area contributed by atoms with E-state index in [-0.39, 0.29) is 5.02 Å². The summed E-state index contributed by atoms with van der Waals surface area (Å²) in [7, 11) is 0. The highest BCUT2D eigenvalue weighted by Gasteiger charge is 2.31. The third kappa shape index (κ3) is 3.28. The van der Waals surface area contributed by atoms with E-state index in [1.807, 2.05) is 10.3 Å². The second-order valence-electron chi connectivity index (χ2n) is 4.18. The summed E-state index contributed by atoms with van der Waals surface area (Å²) in [5.41, 5.74) is -3.36. The van der Waals surface area contributed by atoms with E-state index in [0.29, 0.717) is 12.3 Å². The molecule has 1 heterocycles. The summed E-state index contributed by atoms with van der Waals surface area (Å²) in [6.07, 6.45) is -4.24. The molecule has 0 radical (unpaired) electrons. The Bertz CT molecular complexity index is 766. The number of anilines is 1. The first-order valence-corrected chi connectivity index (χ1v) is 6.13. The molecule has 9 heteroatoms. The van der Waals surface area contributed by atoms with Crippen LogP contribution >= 0.6 is 11.6 Å². The SMILES string of the molecule is O=C(Nc1cc(C(F)(F)F)c[nH]c1=O)c1c(F)cccc1Cl. The minimum Gasteiger partial charge on any atom is -0.327 e. The van der Waals surface area contributed by atoms with Gasteiger partial charge in [0.25, 0.3) is 11.5 Å². The van der Waals surface area contributed by atoms with E-state index in [9.17, 15) is 27.2 Å². The van der Waals surface area contributed by atoms with Crippen LogP contribution in [-0.4, -0.2) is 10.9 Å². The molecule has 0 aliphatic rings. The van der Waals surface area contributed by atoms with Crippen molar-refractivity contribution in [3.05, 3.63) is 62.8 Å². The molecule has 0 saturated carbocycles. The Morgan fingerprint density at radius 2 is 1.95 bits per heavy atom. The maximum atomic E-state index is 13.6. The van der Waals surface area contributed by atoms with Crippen LogP contribution in [0, 0.1) is 5.82 Å².